The summed E-state index contributed by atoms with van der Waals surface area (Å²) in [7, 11) is 0. The van der Waals surface area contributed by atoms with Crippen LogP contribution in [-0.4, -0.2) is 73.2 Å². The molecule has 2 saturated heterocycles. The van der Waals surface area contributed by atoms with Gasteiger partial charge in [-0.2, -0.15) is 0 Å². The zero-order valence-electron chi connectivity index (χ0n) is 22.5. The van der Waals surface area contributed by atoms with Gasteiger partial charge >= 0.3 is 6.09 Å². The quantitative estimate of drug-likeness (QED) is 0.409. The molecular formula is C30H40N2O6. The largest absolute Gasteiger partial charge is 0.443 e. The Morgan fingerprint density at radius 2 is 1.82 bits per heavy atom. The molecule has 2 aliphatic rings. The number of nitrogens with one attached hydrogen (secondary N) is 1. The molecular weight excluding hydrogens is 484 g/mol. The lowest BCUT2D eigenvalue weighted by Gasteiger charge is -2.31. The van der Waals surface area contributed by atoms with Gasteiger partial charge in [0.25, 0.3) is 0 Å². The highest BCUT2D eigenvalue weighted by Gasteiger charge is 2.44. The van der Waals surface area contributed by atoms with Gasteiger partial charge in [0.1, 0.15) is 12.4 Å². The van der Waals surface area contributed by atoms with Crippen molar-refractivity contribution in [3.8, 4) is 0 Å². The van der Waals surface area contributed by atoms with Crippen LogP contribution in [0.3, 0.4) is 0 Å². The molecule has 2 N–H and O–H groups in total. The van der Waals surface area contributed by atoms with E-state index >= 15 is 0 Å². The zero-order valence-corrected chi connectivity index (χ0v) is 22.5. The van der Waals surface area contributed by atoms with Crippen molar-refractivity contribution in [3.63, 3.8) is 0 Å². The van der Waals surface area contributed by atoms with Gasteiger partial charge in [-0.1, -0.05) is 67.9 Å². The van der Waals surface area contributed by atoms with E-state index in [0.717, 1.165) is 24.8 Å². The Balaban J connectivity index is 1.45. The van der Waals surface area contributed by atoms with E-state index in [1.165, 1.54) is 11.1 Å². The van der Waals surface area contributed by atoms with E-state index in [2.05, 4.69) is 55.3 Å². The van der Waals surface area contributed by atoms with Crippen molar-refractivity contribution in [2.75, 3.05) is 26.3 Å². The molecule has 5 atom stereocenters. The number of nitrogens with zero attached hydrogens (tertiary/aromatic N) is 1. The molecule has 4 rings (SSSR count). The first-order valence-corrected chi connectivity index (χ1v) is 13.5. The number of hydrogen-bond acceptors (Lipinski definition) is 7. The average Bonchev–Trinajstić information content (AvgIpc) is 3.50. The highest BCUT2D eigenvalue weighted by atomic mass is 16.7. The fraction of sp³-hybridized carbons (Fsp3) is 0.533. The van der Waals surface area contributed by atoms with Crippen LogP contribution in [0.5, 0.6) is 0 Å². The summed E-state index contributed by atoms with van der Waals surface area (Å²) < 4.78 is 16.9. The van der Waals surface area contributed by atoms with Crippen molar-refractivity contribution >= 4 is 12.4 Å². The monoisotopic (exact) mass is 524 g/mol. The average molecular weight is 525 g/mol. The number of rotatable bonds is 12. The molecule has 1 amide bonds. The van der Waals surface area contributed by atoms with Crippen LogP contribution in [0, 0.1) is 18.8 Å². The summed E-state index contributed by atoms with van der Waals surface area (Å²) in [5.74, 6) is 0.444. The third-order valence-electron chi connectivity index (χ3n) is 7.18. The van der Waals surface area contributed by atoms with Crippen LogP contribution in [-0.2, 0) is 27.2 Å². The summed E-state index contributed by atoms with van der Waals surface area (Å²) in [6.07, 6.45) is -0.117. The second kappa shape index (κ2) is 13.3. The molecule has 2 aliphatic heterocycles. The topological polar surface area (TPSA) is 97.3 Å². The highest BCUT2D eigenvalue weighted by Crippen LogP contribution is 2.33. The van der Waals surface area contributed by atoms with Gasteiger partial charge in [-0.3, -0.25) is 9.69 Å². The fourth-order valence-corrected chi connectivity index (χ4v) is 5.20. The molecule has 2 fully saturated rings. The standard InChI is InChI=1S/C30H40N2O6/c1-20(2)15-32(16-23-6-4-21(3)5-7-23)17-27(34)26(14-22-8-10-24(18-33)11-9-22)31-30(35)38-28-19-37-29-25(28)12-13-36-29/h4-11,18,20,25-29,34H,12-17,19H2,1-3H3,(H,31,35)/t25-,26?,27+,28?,29+/m0/s1. The zero-order chi connectivity index (χ0) is 27.1. The molecule has 0 aliphatic carbocycles. The third-order valence-corrected chi connectivity index (χ3v) is 7.18. The van der Waals surface area contributed by atoms with Crippen molar-refractivity contribution in [3.05, 3.63) is 70.8 Å². The second-order valence-corrected chi connectivity index (χ2v) is 10.9. The number of ether oxygens (including phenoxy) is 3. The Hall–Kier alpha value is -2.78. The number of carbonyl (C=O) groups excluding carboxylic acids is 2. The van der Waals surface area contributed by atoms with E-state index in [-0.39, 0.29) is 18.3 Å². The molecule has 0 bridgehead atoms. The van der Waals surface area contributed by atoms with Crippen LogP contribution >= 0.6 is 0 Å². The van der Waals surface area contributed by atoms with E-state index in [1.807, 2.05) is 12.1 Å². The summed E-state index contributed by atoms with van der Waals surface area (Å²) in [5, 5.41) is 14.4. The van der Waals surface area contributed by atoms with Crippen LogP contribution in [0.1, 0.15) is 47.3 Å². The minimum absolute atomic E-state index is 0.0380. The third kappa shape index (κ3) is 7.86. The number of aldehydes is 1. The van der Waals surface area contributed by atoms with Crippen molar-refractivity contribution in [2.24, 2.45) is 11.8 Å². The Morgan fingerprint density at radius 1 is 1.11 bits per heavy atom. The number of hydrogen-bond donors (Lipinski definition) is 2. The number of fused-ring (bicyclic) bond motifs is 1. The second-order valence-electron chi connectivity index (χ2n) is 10.9. The summed E-state index contributed by atoms with van der Waals surface area (Å²) in [4.78, 5) is 26.3. The van der Waals surface area contributed by atoms with E-state index in [1.54, 1.807) is 12.1 Å². The maximum absolute atomic E-state index is 13.0. The number of alkyl carbamates (subject to hydrolysis) is 1. The first-order chi connectivity index (χ1) is 18.3. The summed E-state index contributed by atoms with van der Waals surface area (Å²) in [6, 6.07) is 15.0. The molecule has 38 heavy (non-hydrogen) atoms. The van der Waals surface area contributed by atoms with Gasteiger partial charge in [-0.15, -0.1) is 0 Å². The van der Waals surface area contributed by atoms with Gasteiger partial charge in [0.2, 0.25) is 0 Å². The minimum Gasteiger partial charge on any atom is -0.443 e. The van der Waals surface area contributed by atoms with E-state index in [9.17, 15) is 14.7 Å². The molecule has 8 heteroatoms. The van der Waals surface area contributed by atoms with Crippen LogP contribution < -0.4 is 5.32 Å². The lowest BCUT2D eigenvalue weighted by molar-refractivity contribution is -0.0907. The molecule has 206 valence electrons. The van der Waals surface area contributed by atoms with Gasteiger partial charge in [-0.05, 0) is 36.8 Å². The van der Waals surface area contributed by atoms with Crippen molar-refractivity contribution in [1.29, 1.82) is 0 Å². The van der Waals surface area contributed by atoms with Crippen LogP contribution in [0.15, 0.2) is 48.5 Å². The Kier molecular flexibility index (Phi) is 9.91. The number of carbonyl (C=O) groups is 2. The molecule has 0 saturated carbocycles. The lowest BCUT2D eigenvalue weighted by atomic mass is 9.99. The van der Waals surface area contributed by atoms with Gasteiger partial charge in [0.15, 0.2) is 6.29 Å². The van der Waals surface area contributed by atoms with Gasteiger partial charge in [-0.25, -0.2) is 4.79 Å². The molecule has 0 spiro atoms. The SMILES string of the molecule is Cc1ccc(CN(CC(C)C)C[C@@H](O)C(Cc2ccc(C=O)cc2)NC(=O)OC2CO[C@H]3OCC[C@@H]23)cc1. The van der Waals surface area contributed by atoms with Gasteiger partial charge in [0.05, 0.1) is 31.3 Å². The smallest absolute Gasteiger partial charge is 0.407 e. The number of aryl methyl sites for hydroxylation is 1. The number of benzene rings is 2. The van der Waals surface area contributed by atoms with Crippen molar-refractivity contribution in [2.45, 2.75) is 64.7 Å². The molecule has 0 radical (unpaired) electrons. The molecule has 2 heterocycles. The van der Waals surface area contributed by atoms with E-state index in [0.29, 0.717) is 44.2 Å². The highest BCUT2D eigenvalue weighted by molar-refractivity contribution is 5.74. The van der Waals surface area contributed by atoms with E-state index in [4.69, 9.17) is 14.2 Å². The first-order valence-electron chi connectivity index (χ1n) is 13.5. The number of aliphatic hydroxyl groups is 1. The van der Waals surface area contributed by atoms with E-state index < -0.39 is 18.2 Å². The minimum atomic E-state index is -0.847. The maximum Gasteiger partial charge on any atom is 0.407 e. The van der Waals surface area contributed by atoms with Gasteiger partial charge in [0, 0.05) is 25.2 Å². The lowest BCUT2D eigenvalue weighted by Crippen LogP contribution is -2.50. The van der Waals surface area contributed by atoms with Gasteiger partial charge < -0.3 is 24.6 Å². The predicted molar refractivity (Wildman–Crippen MR) is 144 cm³/mol. The Morgan fingerprint density at radius 3 is 2.50 bits per heavy atom. The van der Waals surface area contributed by atoms with Crippen LogP contribution in [0.25, 0.3) is 0 Å². The maximum atomic E-state index is 13.0. The van der Waals surface area contributed by atoms with Crippen LogP contribution in [0.4, 0.5) is 4.79 Å². The van der Waals surface area contributed by atoms with Crippen LogP contribution in [0.2, 0.25) is 0 Å². The number of amides is 1. The Labute approximate surface area is 225 Å². The Bertz CT molecular complexity index is 1040. The normalized spacial score (nSPS) is 22.3. The summed E-state index contributed by atoms with van der Waals surface area (Å²) in [5.41, 5.74) is 3.86. The number of aliphatic hydroxyl groups excluding tert-OH is 1. The predicted octanol–water partition coefficient (Wildman–Crippen LogP) is 3.73. The fourth-order valence-electron chi connectivity index (χ4n) is 5.20. The first kappa shape index (κ1) is 28.2. The van der Waals surface area contributed by atoms with Crippen molar-refractivity contribution < 1.29 is 28.9 Å². The molecule has 8 nitrogen and oxygen atoms in total. The molecule has 0 aromatic heterocycles. The summed E-state index contributed by atoms with van der Waals surface area (Å²) in [6.45, 7) is 9.16. The van der Waals surface area contributed by atoms with Crippen molar-refractivity contribution in [1.82, 2.24) is 10.2 Å². The molecule has 2 aromatic carbocycles. The molecule has 2 aromatic rings. The molecule has 2 unspecified atom stereocenters. The summed E-state index contributed by atoms with van der Waals surface area (Å²) >= 11 is 0.